The van der Waals surface area contributed by atoms with Gasteiger partial charge >= 0.3 is 0 Å². The SMILES string of the molecule is ClCCCc1ccccc1Br. The third kappa shape index (κ3) is 2.84. The van der Waals surface area contributed by atoms with Crippen molar-refractivity contribution in [1.29, 1.82) is 0 Å². The van der Waals surface area contributed by atoms with E-state index in [2.05, 4.69) is 28.1 Å². The van der Waals surface area contributed by atoms with Gasteiger partial charge in [0.25, 0.3) is 0 Å². The molecule has 0 saturated heterocycles. The van der Waals surface area contributed by atoms with Gasteiger partial charge in [0.2, 0.25) is 0 Å². The molecule has 2 heteroatoms. The highest BCUT2D eigenvalue weighted by atomic mass is 79.9. The molecular weight excluding hydrogens is 223 g/mol. The Labute approximate surface area is 80.7 Å². The van der Waals surface area contributed by atoms with Crippen LogP contribution in [0.1, 0.15) is 12.0 Å². The Balaban J connectivity index is 2.62. The van der Waals surface area contributed by atoms with Gasteiger partial charge in [-0.15, -0.1) is 11.6 Å². The molecule has 0 bridgehead atoms. The molecule has 0 unspecified atom stereocenters. The van der Waals surface area contributed by atoms with E-state index in [0.717, 1.165) is 18.7 Å². The van der Waals surface area contributed by atoms with Gasteiger partial charge in [0.05, 0.1) is 0 Å². The Morgan fingerprint density at radius 1 is 1.27 bits per heavy atom. The van der Waals surface area contributed by atoms with Crippen molar-refractivity contribution < 1.29 is 0 Å². The van der Waals surface area contributed by atoms with Gasteiger partial charge in [0.1, 0.15) is 0 Å². The summed E-state index contributed by atoms with van der Waals surface area (Å²) in [7, 11) is 0. The van der Waals surface area contributed by atoms with Crippen LogP contribution >= 0.6 is 27.5 Å². The van der Waals surface area contributed by atoms with Crippen LogP contribution in [0.3, 0.4) is 0 Å². The fourth-order valence-electron chi connectivity index (χ4n) is 0.958. The summed E-state index contributed by atoms with van der Waals surface area (Å²) < 4.78 is 1.19. The predicted octanol–water partition coefficient (Wildman–Crippen LogP) is 3.62. The lowest BCUT2D eigenvalue weighted by molar-refractivity contribution is 0.924. The van der Waals surface area contributed by atoms with Crippen LogP contribution in [-0.4, -0.2) is 5.88 Å². The van der Waals surface area contributed by atoms with Crippen LogP contribution in [0, 0.1) is 0 Å². The van der Waals surface area contributed by atoms with Crippen molar-refractivity contribution >= 4 is 27.5 Å². The molecule has 0 N–H and O–H groups in total. The van der Waals surface area contributed by atoms with Gasteiger partial charge in [-0.05, 0) is 24.5 Å². The monoisotopic (exact) mass is 232 g/mol. The van der Waals surface area contributed by atoms with Crippen molar-refractivity contribution in [2.75, 3.05) is 5.88 Å². The molecule has 0 heterocycles. The standard InChI is InChI=1S/C9H10BrCl/c10-9-6-2-1-4-8(9)5-3-7-11/h1-2,4,6H,3,5,7H2. The van der Waals surface area contributed by atoms with E-state index in [1.54, 1.807) is 0 Å². The summed E-state index contributed by atoms with van der Waals surface area (Å²) in [6.45, 7) is 0. The van der Waals surface area contributed by atoms with Crippen LogP contribution in [0.2, 0.25) is 0 Å². The van der Waals surface area contributed by atoms with Crippen LogP contribution in [0.15, 0.2) is 28.7 Å². The summed E-state index contributed by atoms with van der Waals surface area (Å²) in [4.78, 5) is 0. The Morgan fingerprint density at radius 3 is 2.64 bits per heavy atom. The summed E-state index contributed by atoms with van der Waals surface area (Å²) in [5.41, 5.74) is 1.34. The van der Waals surface area contributed by atoms with Gasteiger partial charge in [0, 0.05) is 10.4 Å². The first-order valence-electron chi connectivity index (χ1n) is 3.64. The molecule has 0 spiro atoms. The number of aryl methyl sites for hydroxylation is 1. The van der Waals surface area contributed by atoms with Gasteiger partial charge in [0.15, 0.2) is 0 Å². The average Bonchev–Trinajstić information content (AvgIpc) is 2.03. The Morgan fingerprint density at radius 2 is 2.00 bits per heavy atom. The molecule has 11 heavy (non-hydrogen) atoms. The second-order valence-corrected chi connectivity index (χ2v) is 3.62. The molecule has 0 aliphatic rings. The third-order valence-electron chi connectivity index (χ3n) is 1.54. The lowest BCUT2D eigenvalue weighted by atomic mass is 10.1. The molecule has 0 atom stereocenters. The second kappa shape index (κ2) is 4.78. The third-order valence-corrected chi connectivity index (χ3v) is 2.58. The quantitative estimate of drug-likeness (QED) is 0.700. The van der Waals surface area contributed by atoms with E-state index in [1.807, 2.05) is 12.1 Å². The summed E-state index contributed by atoms with van der Waals surface area (Å²) >= 11 is 9.07. The van der Waals surface area contributed by atoms with Gasteiger partial charge in [-0.3, -0.25) is 0 Å². The molecular formula is C9H10BrCl. The first-order chi connectivity index (χ1) is 5.34. The maximum atomic E-state index is 5.59. The molecule has 1 aromatic rings. The zero-order valence-electron chi connectivity index (χ0n) is 6.19. The van der Waals surface area contributed by atoms with Crippen LogP contribution in [0.5, 0.6) is 0 Å². The highest BCUT2D eigenvalue weighted by molar-refractivity contribution is 9.10. The Bertz CT molecular complexity index is 223. The lowest BCUT2D eigenvalue weighted by Gasteiger charge is -2.00. The number of alkyl halides is 1. The minimum absolute atomic E-state index is 0.737. The maximum Gasteiger partial charge on any atom is 0.0226 e. The van der Waals surface area contributed by atoms with Crippen molar-refractivity contribution in [2.24, 2.45) is 0 Å². The zero-order chi connectivity index (χ0) is 8.10. The fourth-order valence-corrected chi connectivity index (χ4v) is 1.58. The van der Waals surface area contributed by atoms with Crippen LogP contribution < -0.4 is 0 Å². The summed E-state index contributed by atoms with van der Waals surface area (Å²) in [5, 5.41) is 0. The molecule has 1 rings (SSSR count). The first-order valence-corrected chi connectivity index (χ1v) is 4.96. The number of hydrogen-bond acceptors (Lipinski definition) is 0. The van der Waals surface area contributed by atoms with E-state index in [0.29, 0.717) is 0 Å². The van der Waals surface area contributed by atoms with Crippen LogP contribution in [0.4, 0.5) is 0 Å². The van der Waals surface area contributed by atoms with Crippen LogP contribution in [0.25, 0.3) is 0 Å². The zero-order valence-corrected chi connectivity index (χ0v) is 8.53. The number of rotatable bonds is 3. The van der Waals surface area contributed by atoms with Gasteiger partial charge in [-0.1, -0.05) is 34.1 Å². The van der Waals surface area contributed by atoms with E-state index in [9.17, 15) is 0 Å². The summed E-state index contributed by atoms with van der Waals surface area (Å²) in [6.07, 6.45) is 2.11. The normalized spacial score (nSPS) is 10.0. The van der Waals surface area contributed by atoms with Crippen molar-refractivity contribution in [1.82, 2.24) is 0 Å². The number of benzene rings is 1. The highest BCUT2D eigenvalue weighted by Gasteiger charge is 1.96. The minimum Gasteiger partial charge on any atom is -0.127 e. The molecule has 0 radical (unpaired) electrons. The summed E-state index contributed by atoms with van der Waals surface area (Å²) in [5.74, 6) is 0.737. The molecule has 0 saturated carbocycles. The maximum absolute atomic E-state index is 5.59. The topological polar surface area (TPSA) is 0 Å². The van der Waals surface area contributed by atoms with Crippen molar-refractivity contribution in [3.8, 4) is 0 Å². The summed E-state index contributed by atoms with van der Waals surface area (Å²) in [6, 6.07) is 8.25. The lowest BCUT2D eigenvalue weighted by Crippen LogP contribution is -1.86. The molecule has 0 aliphatic carbocycles. The fraction of sp³-hybridized carbons (Fsp3) is 0.333. The van der Waals surface area contributed by atoms with Gasteiger partial charge in [-0.25, -0.2) is 0 Å². The van der Waals surface area contributed by atoms with Gasteiger partial charge in [-0.2, -0.15) is 0 Å². The average molecular weight is 234 g/mol. The van der Waals surface area contributed by atoms with E-state index >= 15 is 0 Å². The predicted molar refractivity (Wildman–Crippen MR) is 53.2 cm³/mol. The van der Waals surface area contributed by atoms with E-state index in [-0.39, 0.29) is 0 Å². The first kappa shape index (κ1) is 9.08. The Kier molecular flexibility index (Phi) is 3.95. The van der Waals surface area contributed by atoms with Crippen molar-refractivity contribution in [3.05, 3.63) is 34.3 Å². The molecule has 0 aromatic heterocycles. The van der Waals surface area contributed by atoms with E-state index in [4.69, 9.17) is 11.6 Å². The second-order valence-electron chi connectivity index (χ2n) is 2.38. The Hall–Kier alpha value is -0.0100. The molecule has 0 amide bonds. The minimum atomic E-state index is 0.737. The molecule has 0 nitrogen and oxygen atoms in total. The van der Waals surface area contributed by atoms with Crippen molar-refractivity contribution in [3.63, 3.8) is 0 Å². The molecule has 0 fully saturated rings. The number of halogens is 2. The molecule has 60 valence electrons. The largest absolute Gasteiger partial charge is 0.127 e. The van der Waals surface area contributed by atoms with Gasteiger partial charge < -0.3 is 0 Å². The van der Waals surface area contributed by atoms with E-state index < -0.39 is 0 Å². The van der Waals surface area contributed by atoms with Crippen molar-refractivity contribution in [2.45, 2.75) is 12.8 Å². The van der Waals surface area contributed by atoms with E-state index in [1.165, 1.54) is 10.0 Å². The number of hydrogen-bond donors (Lipinski definition) is 0. The van der Waals surface area contributed by atoms with Crippen LogP contribution in [-0.2, 0) is 6.42 Å². The molecule has 0 aliphatic heterocycles. The highest BCUT2D eigenvalue weighted by Crippen LogP contribution is 2.17. The smallest absolute Gasteiger partial charge is 0.0226 e. The molecule has 1 aromatic carbocycles.